The number of aromatic nitrogens is 4. The fourth-order valence-electron chi connectivity index (χ4n) is 2.29. The Bertz CT molecular complexity index is 1040. The number of ketones is 1. The molecular weight excluding hydrogens is 313 g/mol. The van der Waals surface area contributed by atoms with E-state index in [1.54, 1.807) is 12.1 Å². The topological polar surface area (TPSA) is 99.3 Å². The number of halogens is 1. The van der Waals surface area contributed by atoms with Crippen molar-refractivity contribution in [2.24, 2.45) is 0 Å². The van der Waals surface area contributed by atoms with E-state index in [-0.39, 0.29) is 17.4 Å². The summed E-state index contributed by atoms with van der Waals surface area (Å²) < 4.78 is 19.5. The number of anilines is 1. The van der Waals surface area contributed by atoms with Crippen LogP contribution in [0.2, 0.25) is 0 Å². The van der Waals surface area contributed by atoms with Crippen LogP contribution in [0, 0.1) is 5.82 Å². The maximum absolute atomic E-state index is 13.0. The van der Waals surface area contributed by atoms with E-state index in [1.807, 2.05) is 0 Å². The number of carbonyl (C=O) groups excluding carboxylic acids is 1. The van der Waals surface area contributed by atoms with Gasteiger partial charge < -0.3 is 10.2 Å². The molecule has 0 unspecified atom stereocenters. The molecule has 3 aromatic heterocycles. The number of nitrogens with zero attached hydrogens (tertiary/aromatic N) is 4. The molecule has 4 rings (SSSR count). The van der Waals surface area contributed by atoms with Crippen LogP contribution in [-0.4, -0.2) is 25.4 Å². The molecule has 2 N–H and O–H groups in total. The molecule has 0 aliphatic heterocycles. The highest BCUT2D eigenvalue weighted by Gasteiger charge is 2.17. The van der Waals surface area contributed by atoms with Crippen LogP contribution in [0.5, 0.6) is 0 Å². The zero-order valence-electron chi connectivity index (χ0n) is 12.2. The largest absolute Gasteiger partial charge is 0.461 e. The minimum absolute atomic E-state index is 0.0169. The number of hydrogen-bond acceptors (Lipinski definition) is 6. The first kappa shape index (κ1) is 14.1. The van der Waals surface area contributed by atoms with E-state index >= 15 is 0 Å². The number of nitrogen functional groups attached to an aromatic ring is 1. The zero-order valence-corrected chi connectivity index (χ0v) is 12.2. The number of benzene rings is 1. The van der Waals surface area contributed by atoms with Crippen LogP contribution in [0.15, 0.2) is 53.1 Å². The van der Waals surface area contributed by atoms with Gasteiger partial charge in [-0.1, -0.05) is 0 Å². The summed E-state index contributed by atoms with van der Waals surface area (Å²) in [5, 5.41) is 4.20. The van der Waals surface area contributed by atoms with Gasteiger partial charge in [0.05, 0.1) is 6.26 Å². The van der Waals surface area contributed by atoms with Gasteiger partial charge in [0.25, 0.3) is 0 Å². The number of hydrogen-bond donors (Lipinski definition) is 1. The lowest BCUT2D eigenvalue weighted by Crippen LogP contribution is -2.10. The lowest BCUT2D eigenvalue weighted by atomic mass is 10.1. The van der Waals surface area contributed by atoms with Crippen LogP contribution in [0.3, 0.4) is 0 Å². The normalized spacial score (nSPS) is 11.0. The van der Waals surface area contributed by atoms with Crippen molar-refractivity contribution in [1.29, 1.82) is 0 Å². The zero-order chi connectivity index (χ0) is 16.7. The first-order valence-electron chi connectivity index (χ1n) is 6.99. The third kappa shape index (κ3) is 2.30. The smallest absolute Gasteiger partial charge is 0.223 e. The Balaban J connectivity index is 1.79. The molecule has 0 saturated carbocycles. The van der Waals surface area contributed by atoms with Gasteiger partial charge in [0, 0.05) is 11.6 Å². The molecule has 0 bridgehead atoms. The van der Waals surface area contributed by atoms with E-state index in [0.29, 0.717) is 22.8 Å². The minimum atomic E-state index is -0.421. The van der Waals surface area contributed by atoms with Gasteiger partial charge in [0.15, 0.2) is 11.4 Å². The molecular formula is C16H10FN5O2. The van der Waals surface area contributed by atoms with Gasteiger partial charge in [-0.2, -0.15) is 4.52 Å². The first-order valence-corrected chi connectivity index (χ1v) is 6.99. The highest BCUT2D eigenvalue weighted by Crippen LogP contribution is 2.19. The van der Waals surface area contributed by atoms with Crippen molar-refractivity contribution >= 4 is 17.4 Å². The molecule has 8 heteroatoms. The summed E-state index contributed by atoms with van der Waals surface area (Å²) in [5.41, 5.74) is 6.64. The monoisotopic (exact) mass is 323 g/mol. The first-order chi connectivity index (χ1) is 11.6. The lowest BCUT2D eigenvalue weighted by Gasteiger charge is -2.03. The van der Waals surface area contributed by atoms with Gasteiger partial charge in [0.2, 0.25) is 17.6 Å². The van der Waals surface area contributed by atoms with Crippen molar-refractivity contribution in [3.63, 3.8) is 0 Å². The molecule has 0 aliphatic rings. The van der Waals surface area contributed by atoms with Crippen LogP contribution >= 0.6 is 0 Å². The fraction of sp³-hybridized carbons (Fsp3) is 0. The van der Waals surface area contributed by atoms with Crippen molar-refractivity contribution in [1.82, 2.24) is 19.6 Å². The van der Waals surface area contributed by atoms with Crippen molar-refractivity contribution in [2.45, 2.75) is 0 Å². The van der Waals surface area contributed by atoms with E-state index in [4.69, 9.17) is 10.2 Å². The van der Waals surface area contributed by atoms with Crippen LogP contribution in [0.25, 0.3) is 17.2 Å². The molecule has 0 radical (unpaired) electrons. The molecule has 3 heterocycles. The molecule has 0 spiro atoms. The quantitative estimate of drug-likeness (QED) is 0.581. The second-order valence-electron chi connectivity index (χ2n) is 5.02. The van der Waals surface area contributed by atoms with Gasteiger partial charge >= 0.3 is 0 Å². The number of nitrogens with two attached hydrogens (primary N) is 1. The average molecular weight is 323 g/mol. The molecule has 0 saturated heterocycles. The van der Waals surface area contributed by atoms with Crippen LogP contribution in [0.1, 0.15) is 16.1 Å². The van der Waals surface area contributed by atoms with Gasteiger partial charge in [-0.15, -0.1) is 5.10 Å². The van der Waals surface area contributed by atoms with E-state index in [0.717, 1.165) is 0 Å². The van der Waals surface area contributed by atoms with Gasteiger partial charge in [-0.05, 0) is 36.4 Å². The molecule has 0 amide bonds. The van der Waals surface area contributed by atoms with E-state index in [1.165, 1.54) is 41.1 Å². The summed E-state index contributed by atoms with van der Waals surface area (Å²) in [7, 11) is 0. The van der Waals surface area contributed by atoms with Crippen LogP contribution in [0.4, 0.5) is 10.3 Å². The molecule has 118 valence electrons. The Morgan fingerprint density at radius 1 is 1.17 bits per heavy atom. The molecule has 1 aromatic carbocycles. The number of rotatable bonds is 3. The molecule has 24 heavy (non-hydrogen) atoms. The maximum atomic E-state index is 13.0. The van der Waals surface area contributed by atoms with E-state index in [9.17, 15) is 9.18 Å². The van der Waals surface area contributed by atoms with Crippen molar-refractivity contribution in [3.8, 4) is 11.6 Å². The Hall–Kier alpha value is -3.55. The van der Waals surface area contributed by atoms with E-state index < -0.39 is 5.82 Å². The molecule has 0 atom stereocenters. The second-order valence-corrected chi connectivity index (χ2v) is 5.02. The summed E-state index contributed by atoms with van der Waals surface area (Å²) in [6.07, 6.45) is 1.51. The number of fused-ring (bicyclic) bond motifs is 1. The number of furan rings is 1. The minimum Gasteiger partial charge on any atom is -0.461 e. The van der Waals surface area contributed by atoms with Gasteiger partial charge in [0.1, 0.15) is 11.5 Å². The molecule has 0 aliphatic carbocycles. The van der Waals surface area contributed by atoms with Crippen LogP contribution < -0.4 is 5.73 Å². The predicted molar refractivity (Wildman–Crippen MR) is 82.7 cm³/mol. The Labute approximate surface area is 134 Å². The van der Waals surface area contributed by atoms with Crippen molar-refractivity contribution < 1.29 is 13.6 Å². The third-order valence-electron chi connectivity index (χ3n) is 3.43. The van der Waals surface area contributed by atoms with Crippen LogP contribution in [-0.2, 0) is 0 Å². The fourth-order valence-corrected chi connectivity index (χ4v) is 2.29. The van der Waals surface area contributed by atoms with Gasteiger partial charge in [-0.25, -0.2) is 14.4 Å². The predicted octanol–water partition coefficient (Wildman–Crippen LogP) is 2.34. The summed E-state index contributed by atoms with van der Waals surface area (Å²) in [5.74, 6) is 0.0226. The molecule has 7 nitrogen and oxygen atoms in total. The summed E-state index contributed by atoms with van der Waals surface area (Å²) >= 11 is 0. The van der Waals surface area contributed by atoms with Crippen molar-refractivity contribution in [2.75, 3.05) is 5.73 Å². The number of carbonyl (C=O) groups is 1. The standard InChI is InChI=1S/C16H10FN5O2/c17-10-5-3-9(4-6-10)14(23)11-8-13-20-15(12-2-1-7-24-12)21-22(13)16(18)19-11/h1-8H,(H2,18,19). The lowest BCUT2D eigenvalue weighted by molar-refractivity contribution is 0.103. The third-order valence-corrected chi connectivity index (χ3v) is 3.43. The Kier molecular flexibility index (Phi) is 3.09. The Morgan fingerprint density at radius 3 is 2.67 bits per heavy atom. The second kappa shape index (κ2) is 5.27. The average Bonchev–Trinajstić information content (AvgIpc) is 3.24. The van der Waals surface area contributed by atoms with E-state index in [2.05, 4.69) is 15.1 Å². The summed E-state index contributed by atoms with van der Waals surface area (Å²) in [6, 6.07) is 10.1. The molecule has 4 aromatic rings. The Morgan fingerprint density at radius 2 is 1.96 bits per heavy atom. The summed E-state index contributed by atoms with van der Waals surface area (Å²) in [6.45, 7) is 0. The summed E-state index contributed by atoms with van der Waals surface area (Å²) in [4.78, 5) is 20.8. The molecule has 0 fully saturated rings. The highest BCUT2D eigenvalue weighted by atomic mass is 19.1. The van der Waals surface area contributed by atoms with Crippen molar-refractivity contribution in [3.05, 3.63) is 65.8 Å². The van der Waals surface area contributed by atoms with Gasteiger partial charge in [-0.3, -0.25) is 4.79 Å². The highest BCUT2D eigenvalue weighted by molar-refractivity contribution is 6.08. The SMILES string of the molecule is Nc1nc(C(=O)c2ccc(F)cc2)cc2nc(-c3ccco3)nn12. The maximum Gasteiger partial charge on any atom is 0.223 e.